The van der Waals surface area contributed by atoms with Gasteiger partial charge in [0, 0.05) is 21.5 Å². The lowest BCUT2D eigenvalue weighted by atomic mass is 10.1. The van der Waals surface area contributed by atoms with Gasteiger partial charge in [0.25, 0.3) is 0 Å². The van der Waals surface area contributed by atoms with Crippen molar-refractivity contribution < 1.29 is 8.78 Å². The van der Waals surface area contributed by atoms with E-state index >= 15 is 8.78 Å². The zero-order valence-corrected chi connectivity index (χ0v) is 19.8. The monoisotopic (exact) mass is 494 g/mol. The molecule has 178 valence electrons. The topological polar surface area (TPSA) is 57.4 Å². The van der Waals surface area contributed by atoms with Gasteiger partial charge in [-0.05, 0) is 48.5 Å². The van der Waals surface area contributed by atoms with Gasteiger partial charge in [-0.25, -0.2) is 8.78 Å². The fourth-order valence-electron chi connectivity index (χ4n) is 5.58. The molecule has 4 nitrogen and oxygen atoms in total. The Kier molecular flexibility index (Phi) is 4.60. The highest BCUT2D eigenvalue weighted by atomic mass is 19.1. The maximum Gasteiger partial charge on any atom is 0.150 e. The van der Waals surface area contributed by atoms with Crippen LogP contribution in [0.2, 0.25) is 0 Å². The van der Waals surface area contributed by atoms with Crippen molar-refractivity contribution in [1.29, 1.82) is 10.5 Å². The molecule has 0 spiro atoms. The number of fused-ring (bicyclic) bond motifs is 6. The highest BCUT2D eigenvalue weighted by Gasteiger charge is 2.22. The fraction of sp³-hybridized carbons (Fsp3) is 0. The Morgan fingerprint density at radius 3 is 1.42 bits per heavy atom. The van der Waals surface area contributed by atoms with Gasteiger partial charge < -0.3 is 9.13 Å². The third kappa shape index (κ3) is 2.86. The van der Waals surface area contributed by atoms with Crippen LogP contribution < -0.4 is 0 Å². The van der Waals surface area contributed by atoms with Crippen LogP contribution in [0.15, 0.2) is 97.1 Å². The third-order valence-corrected chi connectivity index (χ3v) is 7.13. The number of aromatic nitrogens is 2. The van der Waals surface area contributed by atoms with Crippen LogP contribution in [0.4, 0.5) is 8.78 Å². The molecule has 38 heavy (non-hydrogen) atoms. The van der Waals surface area contributed by atoms with Crippen LogP contribution in [-0.4, -0.2) is 9.13 Å². The van der Waals surface area contributed by atoms with Crippen LogP contribution >= 0.6 is 0 Å². The number of rotatable bonds is 2. The van der Waals surface area contributed by atoms with E-state index in [2.05, 4.69) is 12.1 Å². The van der Waals surface area contributed by atoms with Gasteiger partial charge >= 0.3 is 0 Å². The van der Waals surface area contributed by atoms with Gasteiger partial charge in [-0.15, -0.1) is 0 Å². The molecule has 0 radical (unpaired) electrons. The van der Waals surface area contributed by atoms with Gasteiger partial charge in [0.05, 0.1) is 38.9 Å². The average molecular weight is 495 g/mol. The molecule has 0 fully saturated rings. The van der Waals surface area contributed by atoms with Gasteiger partial charge in [0.2, 0.25) is 0 Å². The van der Waals surface area contributed by atoms with Crippen molar-refractivity contribution >= 4 is 43.6 Å². The molecular formula is C32H16F2N4. The van der Waals surface area contributed by atoms with E-state index < -0.39 is 11.6 Å². The molecule has 0 aliphatic rings. The Morgan fingerprint density at radius 2 is 0.921 bits per heavy atom. The van der Waals surface area contributed by atoms with Gasteiger partial charge in [0.15, 0.2) is 0 Å². The summed E-state index contributed by atoms with van der Waals surface area (Å²) in [6, 6.07) is 32.6. The van der Waals surface area contributed by atoms with E-state index in [-0.39, 0.29) is 5.69 Å². The predicted octanol–water partition coefficient (Wildman–Crippen LogP) is 7.90. The molecule has 7 aromatic rings. The summed E-state index contributed by atoms with van der Waals surface area (Å²) in [5.74, 6) is -1.31. The molecule has 0 amide bonds. The maximum atomic E-state index is 15.1. The van der Waals surface area contributed by atoms with E-state index in [4.69, 9.17) is 0 Å². The molecule has 7 rings (SSSR count). The number of halogens is 2. The van der Waals surface area contributed by atoms with Gasteiger partial charge in [0.1, 0.15) is 29.5 Å². The number of benzene rings is 5. The summed E-state index contributed by atoms with van der Waals surface area (Å²) < 4.78 is 33.8. The van der Waals surface area contributed by atoms with Crippen molar-refractivity contribution in [3.8, 4) is 23.5 Å². The Labute approximate surface area is 215 Å². The molecule has 0 N–H and O–H groups in total. The van der Waals surface area contributed by atoms with Gasteiger partial charge in [-0.3, -0.25) is 0 Å². The van der Waals surface area contributed by atoms with E-state index in [9.17, 15) is 10.5 Å². The summed E-state index contributed by atoms with van der Waals surface area (Å²) in [4.78, 5) is 0. The maximum absolute atomic E-state index is 15.1. The van der Waals surface area contributed by atoms with Crippen LogP contribution in [0.5, 0.6) is 0 Å². The van der Waals surface area contributed by atoms with Crippen molar-refractivity contribution in [2.75, 3.05) is 0 Å². The average Bonchev–Trinajstić information content (AvgIpc) is 3.43. The molecule has 6 heteroatoms. The normalized spacial score (nSPS) is 11.4. The minimum absolute atomic E-state index is 0.136. The minimum Gasteiger partial charge on any atom is -0.307 e. The molecule has 2 aromatic heterocycles. The van der Waals surface area contributed by atoms with Crippen LogP contribution in [0, 0.1) is 34.3 Å². The smallest absolute Gasteiger partial charge is 0.150 e. The van der Waals surface area contributed by atoms with E-state index in [0.717, 1.165) is 32.6 Å². The zero-order chi connectivity index (χ0) is 26.0. The first-order valence-corrected chi connectivity index (χ1v) is 12.0. The van der Waals surface area contributed by atoms with Crippen molar-refractivity contribution in [2.24, 2.45) is 0 Å². The Hall–Kier alpha value is -5.46. The number of nitriles is 2. The third-order valence-electron chi connectivity index (χ3n) is 7.13. The number of hydrogen-bond acceptors (Lipinski definition) is 2. The van der Waals surface area contributed by atoms with Crippen LogP contribution in [0.25, 0.3) is 55.0 Å². The van der Waals surface area contributed by atoms with Crippen molar-refractivity contribution in [2.45, 2.75) is 0 Å². The van der Waals surface area contributed by atoms with E-state index in [1.807, 2.05) is 65.2 Å². The van der Waals surface area contributed by atoms with Gasteiger partial charge in [-0.1, -0.05) is 48.5 Å². The molecule has 0 bridgehead atoms. The lowest BCUT2D eigenvalue weighted by Crippen LogP contribution is -2.02. The second-order valence-corrected chi connectivity index (χ2v) is 9.09. The second-order valence-electron chi connectivity index (χ2n) is 9.09. The SMILES string of the molecule is N#Cc1cccc(C#N)c1-n1c2ccccc2c2cc3c(cc21)c1ccccc1n3-c1c(F)cccc1F. The molecule has 5 aromatic carbocycles. The Bertz CT molecular complexity index is 2140. The highest BCUT2D eigenvalue weighted by molar-refractivity contribution is 6.19. The first-order valence-electron chi connectivity index (χ1n) is 12.0. The summed E-state index contributed by atoms with van der Waals surface area (Å²) in [6.45, 7) is 0. The summed E-state index contributed by atoms with van der Waals surface area (Å²) in [7, 11) is 0. The van der Waals surface area contributed by atoms with E-state index in [1.165, 1.54) is 18.2 Å². The highest BCUT2D eigenvalue weighted by Crippen LogP contribution is 2.41. The molecule has 0 aliphatic carbocycles. The van der Waals surface area contributed by atoms with E-state index in [0.29, 0.717) is 27.8 Å². The van der Waals surface area contributed by atoms with E-state index in [1.54, 1.807) is 22.8 Å². The number of nitrogens with zero attached hydrogens (tertiary/aromatic N) is 4. The minimum atomic E-state index is -0.656. The van der Waals surface area contributed by atoms with Gasteiger partial charge in [-0.2, -0.15) is 10.5 Å². The Balaban J connectivity index is 1.73. The van der Waals surface area contributed by atoms with Crippen molar-refractivity contribution in [1.82, 2.24) is 9.13 Å². The molecule has 0 saturated carbocycles. The predicted molar refractivity (Wildman–Crippen MR) is 144 cm³/mol. The second kappa shape index (κ2) is 8.03. The lowest BCUT2D eigenvalue weighted by Gasteiger charge is -2.12. The summed E-state index contributed by atoms with van der Waals surface area (Å²) >= 11 is 0. The fourth-order valence-corrected chi connectivity index (χ4v) is 5.58. The van der Waals surface area contributed by atoms with Crippen LogP contribution in [-0.2, 0) is 0 Å². The largest absolute Gasteiger partial charge is 0.307 e. The van der Waals surface area contributed by atoms with Crippen LogP contribution in [0.1, 0.15) is 11.1 Å². The molecule has 2 heterocycles. The van der Waals surface area contributed by atoms with Crippen molar-refractivity contribution in [3.05, 3.63) is 120 Å². The molecule has 0 atom stereocenters. The summed E-state index contributed by atoms with van der Waals surface area (Å²) in [6.07, 6.45) is 0. The van der Waals surface area contributed by atoms with Crippen molar-refractivity contribution in [3.63, 3.8) is 0 Å². The first kappa shape index (κ1) is 21.8. The molecule has 0 unspecified atom stereocenters. The number of hydrogen-bond donors (Lipinski definition) is 0. The van der Waals surface area contributed by atoms with Crippen LogP contribution in [0.3, 0.4) is 0 Å². The number of para-hydroxylation sites is 4. The lowest BCUT2D eigenvalue weighted by molar-refractivity contribution is 0.573. The molecule has 0 aliphatic heterocycles. The molecule has 0 saturated heterocycles. The Morgan fingerprint density at radius 1 is 0.474 bits per heavy atom. The zero-order valence-electron chi connectivity index (χ0n) is 19.8. The summed E-state index contributed by atoms with van der Waals surface area (Å²) in [5, 5.41) is 23.2. The first-order chi connectivity index (χ1) is 18.6. The summed E-state index contributed by atoms with van der Waals surface area (Å²) in [5.41, 5.74) is 4.06. The standard InChI is InChI=1S/C32H16F2N4/c33-25-11-6-12-26(34)32(25)38-28-14-4-2-10-22(28)24-15-29-23(16-30(24)38)21-9-1-3-13-27(21)37(29)31-19(17-35)7-5-8-20(31)18-36/h1-16H. The quantitative estimate of drug-likeness (QED) is 0.245. The molecular weight excluding hydrogens is 478 g/mol.